The van der Waals surface area contributed by atoms with Crippen LogP contribution in [-0.4, -0.2) is 10.1 Å². The van der Waals surface area contributed by atoms with Crippen LogP contribution in [0, 0.1) is 0 Å². The van der Waals surface area contributed by atoms with E-state index >= 15 is 0 Å². The second-order valence-electron chi connectivity index (χ2n) is 5.56. The molecule has 2 aromatic rings. The Morgan fingerprint density at radius 3 is 2.52 bits per heavy atom. The fraction of sp³-hybridized carbons (Fsp3) is 0.105. The molecule has 0 saturated carbocycles. The van der Waals surface area contributed by atoms with Gasteiger partial charge in [-0.15, -0.1) is 0 Å². The molecular formula is C19H15ClN2S. The van der Waals surface area contributed by atoms with Crippen molar-refractivity contribution in [3.8, 4) is 0 Å². The molecule has 0 aromatic heterocycles. The topological polar surface area (TPSA) is 15.6 Å². The lowest BCUT2D eigenvalue weighted by Gasteiger charge is -2.33. The summed E-state index contributed by atoms with van der Waals surface area (Å²) in [6, 6.07) is 18.7. The highest BCUT2D eigenvalue weighted by Crippen LogP contribution is 2.43. The molecule has 0 saturated heterocycles. The van der Waals surface area contributed by atoms with Crippen molar-refractivity contribution in [3.63, 3.8) is 0 Å². The van der Waals surface area contributed by atoms with Gasteiger partial charge >= 0.3 is 0 Å². The van der Waals surface area contributed by atoms with E-state index in [1.807, 2.05) is 18.2 Å². The first-order valence-corrected chi connectivity index (χ1v) is 8.72. The fourth-order valence-electron chi connectivity index (χ4n) is 2.89. The summed E-state index contributed by atoms with van der Waals surface area (Å²) in [6.07, 6.45) is 2.22. The van der Waals surface area contributed by atoms with Crippen LogP contribution in [0.5, 0.6) is 0 Å². The number of benzene rings is 2. The largest absolute Gasteiger partial charge is 0.308 e. The molecule has 0 amide bonds. The summed E-state index contributed by atoms with van der Waals surface area (Å²) in [5.41, 5.74) is 4.65. The molecule has 0 aliphatic carbocycles. The highest BCUT2D eigenvalue weighted by atomic mass is 35.5. The lowest BCUT2D eigenvalue weighted by atomic mass is 10.0. The van der Waals surface area contributed by atoms with Crippen LogP contribution in [0.15, 0.2) is 76.8 Å². The maximum Gasteiger partial charge on any atom is 0.173 e. The average Bonchev–Trinajstić information content (AvgIpc) is 2.99. The number of hydrogen-bond donors (Lipinski definition) is 0. The Labute approximate surface area is 145 Å². The fourth-order valence-corrected chi connectivity index (χ4v) is 4.00. The average molecular weight is 339 g/mol. The molecule has 2 heterocycles. The quantitative estimate of drug-likeness (QED) is 0.697. The Morgan fingerprint density at radius 1 is 1.04 bits per heavy atom. The highest BCUT2D eigenvalue weighted by molar-refractivity contribution is 8.16. The zero-order chi connectivity index (χ0) is 15.8. The van der Waals surface area contributed by atoms with E-state index in [-0.39, 0.29) is 6.04 Å². The van der Waals surface area contributed by atoms with Gasteiger partial charge in [-0.05, 0) is 36.3 Å². The van der Waals surface area contributed by atoms with E-state index in [4.69, 9.17) is 16.6 Å². The van der Waals surface area contributed by atoms with E-state index in [1.165, 1.54) is 11.3 Å². The maximum atomic E-state index is 6.03. The number of halogens is 1. The van der Waals surface area contributed by atoms with Gasteiger partial charge in [0.1, 0.15) is 0 Å². The number of thioether (sulfide) groups is 1. The van der Waals surface area contributed by atoms with Gasteiger partial charge < -0.3 is 4.90 Å². The lowest BCUT2D eigenvalue weighted by molar-refractivity contribution is 0.506. The van der Waals surface area contributed by atoms with Crippen molar-refractivity contribution in [2.45, 2.75) is 13.0 Å². The molecule has 114 valence electrons. The van der Waals surface area contributed by atoms with E-state index in [0.717, 1.165) is 21.5 Å². The summed E-state index contributed by atoms with van der Waals surface area (Å²) in [5, 5.41) is 3.96. The molecule has 1 unspecified atom stereocenters. The minimum atomic E-state index is 0.167. The predicted octanol–water partition coefficient (Wildman–Crippen LogP) is 5.70. The van der Waals surface area contributed by atoms with E-state index < -0.39 is 0 Å². The van der Waals surface area contributed by atoms with Crippen molar-refractivity contribution < 1.29 is 0 Å². The van der Waals surface area contributed by atoms with Gasteiger partial charge in [-0.1, -0.05) is 65.8 Å². The van der Waals surface area contributed by atoms with Crippen molar-refractivity contribution in [1.82, 2.24) is 4.90 Å². The third kappa shape index (κ3) is 2.71. The van der Waals surface area contributed by atoms with Gasteiger partial charge in [0.2, 0.25) is 0 Å². The predicted molar refractivity (Wildman–Crippen MR) is 99.2 cm³/mol. The van der Waals surface area contributed by atoms with Crippen LogP contribution in [0.1, 0.15) is 24.1 Å². The van der Waals surface area contributed by atoms with Crippen LogP contribution < -0.4 is 0 Å². The molecule has 2 aliphatic rings. The van der Waals surface area contributed by atoms with Gasteiger partial charge in [-0.3, -0.25) is 0 Å². The van der Waals surface area contributed by atoms with Gasteiger partial charge in [0.15, 0.2) is 5.17 Å². The van der Waals surface area contributed by atoms with Crippen LogP contribution in [-0.2, 0) is 0 Å². The third-order valence-corrected chi connectivity index (χ3v) is 5.06. The summed E-state index contributed by atoms with van der Waals surface area (Å²) in [7, 11) is 0. The molecule has 0 bridgehead atoms. The Balaban J connectivity index is 1.77. The number of rotatable bonds is 2. The zero-order valence-corrected chi connectivity index (χ0v) is 14.2. The third-order valence-electron chi connectivity index (χ3n) is 3.97. The van der Waals surface area contributed by atoms with Gasteiger partial charge in [-0.25, -0.2) is 4.99 Å². The summed E-state index contributed by atoms with van der Waals surface area (Å²) in [6.45, 7) is 2.06. The molecule has 2 aromatic carbocycles. The van der Waals surface area contributed by atoms with Crippen LogP contribution in [0.4, 0.5) is 0 Å². The molecular weight excluding hydrogens is 324 g/mol. The van der Waals surface area contributed by atoms with Crippen molar-refractivity contribution in [1.29, 1.82) is 0 Å². The maximum absolute atomic E-state index is 6.03. The Morgan fingerprint density at radius 2 is 1.78 bits per heavy atom. The standard InChI is InChI=1S/C19H15ClN2S/c1-13-11-17(14-5-3-2-4-6-14)22-18(12-23-19(22)21-13)15-7-9-16(20)10-8-15/h2-12,17H,1H3. The number of fused-ring (bicyclic) bond motifs is 1. The second-order valence-corrected chi connectivity index (χ2v) is 6.83. The zero-order valence-electron chi connectivity index (χ0n) is 12.6. The highest BCUT2D eigenvalue weighted by Gasteiger charge is 2.33. The van der Waals surface area contributed by atoms with Crippen molar-refractivity contribution in [2.75, 3.05) is 0 Å². The van der Waals surface area contributed by atoms with Gasteiger partial charge in [-0.2, -0.15) is 0 Å². The molecule has 2 nitrogen and oxygen atoms in total. The second kappa shape index (κ2) is 5.91. The number of allylic oxidation sites excluding steroid dienone is 1. The normalized spacial score (nSPS) is 19.8. The first-order chi connectivity index (χ1) is 11.2. The number of aliphatic imine (C=N–C) groups is 1. The summed E-state index contributed by atoms with van der Waals surface area (Å²) in [4.78, 5) is 7.00. The summed E-state index contributed by atoms with van der Waals surface area (Å²) in [5.74, 6) is 0. The lowest BCUT2D eigenvalue weighted by Crippen LogP contribution is -2.30. The molecule has 0 spiro atoms. The van der Waals surface area contributed by atoms with E-state index in [0.29, 0.717) is 0 Å². The smallest absolute Gasteiger partial charge is 0.173 e. The summed E-state index contributed by atoms with van der Waals surface area (Å²) < 4.78 is 0. The van der Waals surface area contributed by atoms with E-state index in [1.54, 1.807) is 11.8 Å². The molecule has 2 aliphatic heterocycles. The minimum Gasteiger partial charge on any atom is -0.308 e. The first kappa shape index (κ1) is 14.6. The molecule has 0 fully saturated rings. The molecule has 0 radical (unpaired) electrons. The first-order valence-electron chi connectivity index (χ1n) is 7.46. The number of hydrogen-bond acceptors (Lipinski definition) is 3. The van der Waals surface area contributed by atoms with Crippen molar-refractivity contribution in [2.24, 2.45) is 4.99 Å². The Hall–Kier alpha value is -1.97. The van der Waals surface area contributed by atoms with Gasteiger partial charge in [0.05, 0.1) is 11.7 Å². The van der Waals surface area contributed by atoms with Crippen molar-refractivity contribution in [3.05, 3.63) is 87.9 Å². The van der Waals surface area contributed by atoms with E-state index in [9.17, 15) is 0 Å². The molecule has 4 heteroatoms. The van der Waals surface area contributed by atoms with Crippen LogP contribution in [0.3, 0.4) is 0 Å². The van der Waals surface area contributed by atoms with Crippen LogP contribution >= 0.6 is 23.4 Å². The number of amidine groups is 1. The molecule has 23 heavy (non-hydrogen) atoms. The van der Waals surface area contributed by atoms with Crippen LogP contribution in [0.2, 0.25) is 5.02 Å². The molecule has 0 N–H and O–H groups in total. The van der Waals surface area contributed by atoms with Crippen molar-refractivity contribution >= 4 is 34.2 Å². The minimum absolute atomic E-state index is 0.167. The Kier molecular flexibility index (Phi) is 3.76. The van der Waals surface area contributed by atoms with E-state index in [2.05, 4.69) is 59.7 Å². The van der Waals surface area contributed by atoms with Gasteiger partial charge in [0.25, 0.3) is 0 Å². The monoisotopic (exact) mass is 338 g/mol. The summed E-state index contributed by atoms with van der Waals surface area (Å²) >= 11 is 7.70. The van der Waals surface area contributed by atoms with Crippen LogP contribution in [0.25, 0.3) is 5.70 Å². The number of nitrogens with zero attached hydrogens (tertiary/aromatic N) is 2. The Bertz CT molecular complexity index is 822. The SMILES string of the molecule is CC1=CC(c2ccccc2)N2C(c3ccc(Cl)cc3)=CSC2=N1. The molecule has 4 rings (SSSR count). The molecule has 1 atom stereocenters. The van der Waals surface area contributed by atoms with Gasteiger partial charge in [0, 0.05) is 16.1 Å².